The molecule has 1 aliphatic heterocycles. The Bertz CT molecular complexity index is 665. The van der Waals surface area contributed by atoms with Crippen molar-refractivity contribution in [3.63, 3.8) is 0 Å². The van der Waals surface area contributed by atoms with Crippen molar-refractivity contribution in [3.8, 4) is 0 Å². The third-order valence-electron chi connectivity index (χ3n) is 3.02. The molecule has 0 saturated carbocycles. The Labute approximate surface area is 117 Å². The van der Waals surface area contributed by atoms with E-state index in [1.165, 1.54) is 17.1 Å². The smallest absolute Gasteiger partial charge is 0.243 e. The van der Waals surface area contributed by atoms with Gasteiger partial charge in [0, 0.05) is 25.4 Å². The molecule has 114 valence electrons. The average molecular weight is 323 g/mol. The number of hydrogen-bond acceptors (Lipinski definition) is 6. The van der Waals surface area contributed by atoms with Crippen LogP contribution in [0.3, 0.4) is 0 Å². The van der Waals surface area contributed by atoms with Gasteiger partial charge in [0.05, 0.1) is 17.7 Å². The van der Waals surface area contributed by atoms with Crippen molar-refractivity contribution in [1.82, 2.24) is 14.5 Å². The van der Waals surface area contributed by atoms with Gasteiger partial charge in [-0.2, -0.15) is 5.10 Å². The second-order valence-electron chi connectivity index (χ2n) is 4.74. The molecule has 10 heteroatoms. The minimum absolute atomic E-state index is 0.000126. The maximum atomic E-state index is 12.1. The number of aliphatic hydroxyl groups is 1. The molecule has 1 aromatic rings. The zero-order valence-electron chi connectivity index (χ0n) is 10.8. The third-order valence-corrected chi connectivity index (χ3v) is 6.26. The molecule has 2 N–H and O–H groups in total. The SMILES string of the molecule is O=S1(=O)CCC(NS(=O)(=O)c2cnn(CCCO)c2)C1. The molecule has 1 aliphatic rings. The standard InChI is InChI=1S/C10H17N3O5S2/c14-4-1-3-13-7-10(6-11-13)20(17,18)12-9-2-5-19(15,16)8-9/h6-7,9,12,14H,1-5,8H2. The van der Waals surface area contributed by atoms with Crippen LogP contribution in [-0.4, -0.2) is 55.9 Å². The number of sulfonamides is 1. The Kier molecular flexibility index (Phi) is 4.47. The van der Waals surface area contributed by atoms with Crippen LogP contribution in [0.4, 0.5) is 0 Å². The number of hydrogen-bond donors (Lipinski definition) is 2. The van der Waals surface area contributed by atoms with E-state index in [1.54, 1.807) is 0 Å². The Morgan fingerprint density at radius 1 is 1.50 bits per heavy atom. The van der Waals surface area contributed by atoms with E-state index < -0.39 is 25.9 Å². The Balaban J connectivity index is 2.05. The molecule has 1 fully saturated rings. The fraction of sp³-hybridized carbons (Fsp3) is 0.700. The van der Waals surface area contributed by atoms with Crippen LogP contribution in [0.2, 0.25) is 0 Å². The predicted octanol–water partition coefficient (Wildman–Crippen LogP) is -1.27. The molecule has 0 spiro atoms. The molecule has 8 nitrogen and oxygen atoms in total. The summed E-state index contributed by atoms with van der Waals surface area (Å²) in [5.74, 6) is -0.152. The maximum Gasteiger partial charge on any atom is 0.243 e. The van der Waals surface area contributed by atoms with E-state index >= 15 is 0 Å². The van der Waals surface area contributed by atoms with Gasteiger partial charge in [-0.05, 0) is 12.8 Å². The van der Waals surface area contributed by atoms with E-state index in [2.05, 4.69) is 9.82 Å². The van der Waals surface area contributed by atoms with Gasteiger partial charge < -0.3 is 5.11 Å². The molecule has 0 amide bonds. The molecule has 1 aromatic heterocycles. The van der Waals surface area contributed by atoms with Crippen LogP contribution in [0.5, 0.6) is 0 Å². The second kappa shape index (κ2) is 5.80. The number of rotatable bonds is 6. The van der Waals surface area contributed by atoms with E-state index in [-0.39, 0.29) is 23.0 Å². The minimum Gasteiger partial charge on any atom is -0.396 e. The van der Waals surface area contributed by atoms with Crippen LogP contribution in [0.15, 0.2) is 17.3 Å². The quantitative estimate of drug-likeness (QED) is 0.674. The minimum atomic E-state index is -3.76. The first-order valence-corrected chi connectivity index (χ1v) is 9.49. The van der Waals surface area contributed by atoms with Gasteiger partial charge in [-0.1, -0.05) is 0 Å². The first-order valence-electron chi connectivity index (χ1n) is 6.18. The number of nitrogens with one attached hydrogen (secondary N) is 1. The first kappa shape index (κ1) is 15.4. The summed E-state index contributed by atoms with van der Waals surface area (Å²) in [6.45, 7) is 0.421. The zero-order chi connectivity index (χ0) is 14.8. The van der Waals surface area contributed by atoms with Gasteiger partial charge in [0.1, 0.15) is 4.90 Å². The van der Waals surface area contributed by atoms with Crippen molar-refractivity contribution in [1.29, 1.82) is 0 Å². The lowest BCUT2D eigenvalue weighted by Crippen LogP contribution is -2.35. The summed E-state index contributed by atoms with van der Waals surface area (Å²) < 4.78 is 50.6. The highest BCUT2D eigenvalue weighted by atomic mass is 32.2. The van der Waals surface area contributed by atoms with E-state index in [9.17, 15) is 16.8 Å². The van der Waals surface area contributed by atoms with Gasteiger partial charge in [-0.25, -0.2) is 21.6 Å². The van der Waals surface area contributed by atoms with Gasteiger partial charge in [0.15, 0.2) is 9.84 Å². The fourth-order valence-electron chi connectivity index (χ4n) is 2.01. The highest BCUT2D eigenvalue weighted by Gasteiger charge is 2.31. The van der Waals surface area contributed by atoms with Crippen molar-refractivity contribution < 1.29 is 21.9 Å². The number of aryl methyl sites for hydroxylation is 1. The lowest BCUT2D eigenvalue weighted by Gasteiger charge is -2.09. The highest BCUT2D eigenvalue weighted by Crippen LogP contribution is 2.15. The van der Waals surface area contributed by atoms with Crippen LogP contribution in [0.25, 0.3) is 0 Å². The number of sulfone groups is 1. The van der Waals surface area contributed by atoms with Crippen molar-refractivity contribution in [2.45, 2.75) is 30.3 Å². The molecule has 0 aromatic carbocycles. The fourth-order valence-corrected chi connectivity index (χ4v) is 5.02. The molecular formula is C10H17N3O5S2. The molecule has 0 radical (unpaired) electrons. The average Bonchev–Trinajstić information content (AvgIpc) is 2.93. The second-order valence-corrected chi connectivity index (χ2v) is 8.68. The van der Waals surface area contributed by atoms with Crippen molar-refractivity contribution in [3.05, 3.63) is 12.4 Å². The van der Waals surface area contributed by atoms with E-state index in [4.69, 9.17) is 5.11 Å². The predicted molar refractivity (Wildman–Crippen MR) is 71.3 cm³/mol. The summed E-state index contributed by atoms with van der Waals surface area (Å²) in [7, 11) is -6.89. The van der Waals surface area contributed by atoms with Gasteiger partial charge >= 0.3 is 0 Å². The summed E-state index contributed by atoms with van der Waals surface area (Å²) in [5.41, 5.74) is 0. The van der Waals surface area contributed by atoms with Gasteiger partial charge in [0.25, 0.3) is 0 Å². The summed E-state index contributed by atoms with van der Waals surface area (Å²) >= 11 is 0. The molecule has 20 heavy (non-hydrogen) atoms. The maximum absolute atomic E-state index is 12.1. The van der Waals surface area contributed by atoms with Crippen molar-refractivity contribution in [2.24, 2.45) is 0 Å². The zero-order valence-corrected chi connectivity index (χ0v) is 12.4. The Hall–Kier alpha value is -0.970. The van der Waals surface area contributed by atoms with Crippen LogP contribution in [0, 0.1) is 0 Å². The summed E-state index contributed by atoms with van der Waals surface area (Å²) in [6.07, 6.45) is 3.35. The molecule has 2 heterocycles. The Morgan fingerprint density at radius 2 is 2.25 bits per heavy atom. The van der Waals surface area contributed by atoms with Gasteiger partial charge in [-0.15, -0.1) is 0 Å². The largest absolute Gasteiger partial charge is 0.396 e. The highest BCUT2D eigenvalue weighted by molar-refractivity contribution is 7.92. The van der Waals surface area contributed by atoms with E-state index in [0.717, 1.165) is 0 Å². The van der Waals surface area contributed by atoms with E-state index in [1.807, 2.05) is 0 Å². The topological polar surface area (TPSA) is 118 Å². The molecular weight excluding hydrogens is 306 g/mol. The van der Waals surface area contributed by atoms with Crippen LogP contribution in [0.1, 0.15) is 12.8 Å². The molecule has 1 unspecified atom stereocenters. The molecule has 0 aliphatic carbocycles. The van der Waals surface area contributed by atoms with Crippen LogP contribution in [-0.2, 0) is 26.4 Å². The third kappa shape index (κ3) is 3.78. The lowest BCUT2D eigenvalue weighted by atomic mass is 10.3. The lowest BCUT2D eigenvalue weighted by molar-refractivity contribution is 0.277. The van der Waals surface area contributed by atoms with Gasteiger partial charge in [-0.3, -0.25) is 4.68 Å². The van der Waals surface area contributed by atoms with Crippen molar-refractivity contribution >= 4 is 19.9 Å². The van der Waals surface area contributed by atoms with Crippen LogP contribution >= 0.6 is 0 Å². The van der Waals surface area contributed by atoms with Gasteiger partial charge in [0.2, 0.25) is 10.0 Å². The first-order chi connectivity index (χ1) is 9.32. The molecule has 0 bridgehead atoms. The Morgan fingerprint density at radius 3 is 2.85 bits per heavy atom. The molecule has 2 rings (SSSR count). The van der Waals surface area contributed by atoms with Crippen LogP contribution < -0.4 is 4.72 Å². The normalized spacial score (nSPS) is 22.1. The summed E-state index contributed by atoms with van der Waals surface area (Å²) in [6, 6.07) is -0.578. The number of aliphatic hydroxyl groups excluding tert-OH is 1. The molecule has 1 atom stereocenters. The van der Waals surface area contributed by atoms with E-state index in [0.29, 0.717) is 19.4 Å². The van der Waals surface area contributed by atoms with Crippen molar-refractivity contribution in [2.75, 3.05) is 18.1 Å². The molecule has 1 saturated heterocycles. The monoisotopic (exact) mass is 323 g/mol. The number of nitrogens with zero attached hydrogens (tertiary/aromatic N) is 2. The number of aromatic nitrogens is 2. The summed E-state index contributed by atoms with van der Waals surface area (Å²) in [5, 5.41) is 12.6. The summed E-state index contributed by atoms with van der Waals surface area (Å²) in [4.78, 5) is -0.000243.